The molecule has 0 N–H and O–H groups in total. The summed E-state index contributed by atoms with van der Waals surface area (Å²) in [6.45, 7) is 13.1. The molecule has 1 heterocycles. The van der Waals surface area contributed by atoms with Gasteiger partial charge in [0, 0.05) is 11.9 Å². The van der Waals surface area contributed by atoms with Gasteiger partial charge in [-0.2, -0.15) is 17.2 Å². The maximum absolute atomic E-state index is 4.93. The number of halogens is 2. The van der Waals surface area contributed by atoms with Gasteiger partial charge in [0.25, 0.3) is 0 Å². The molecule has 1 aromatic heterocycles. The molecule has 4 heteroatoms. The number of para-hydroxylation sites is 1. The summed E-state index contributed by atoms with van der Waals surface area (Å²) in [5, 5.41) is 6.45. The number of hydrogen-bond acceptors (Lipinski definition) is 0. The van der Waals surface area contributed by atoms with Crippen molar-refractivity contribution in [3.63, 3.8) is 0 Å². The van der Waals surface area contributed by atoms with Crippen molar-refractivity contribution in [2.24, 2.45) is 5.41 Å². The van der Waals surface area contributed by atoms with Crippen LogP contribution in [-0.4, -0.2) is 4.57 Å². The molecule has 1 aliphatic rings. The number of hydrogen-bond donors (Lipinski definition) is 0. The molecule has 7 rings (SSSR count). The molecule has 1 aliphatic carbocycles. The van der Waals surface area contributed by atoms with Crippen LogP contribution in [0.4, 0.5) is 0 Å². The van der Waals surface area contributed by atoms with Crippen LogP contribution in [0.5, 0.6) is 0 Å². The quantitative estimate of drug-likeness (QED) is 0.162. The van der Waals surface area contributed by atoms with Gasteiger partial charge in [0.15, 0.2) is 0 Å². The van der Waals surface area contributed by atoms with E-state index >= 15 is 0 Å². The summed E-state index contributed by atoms with van der Waals surface area (Å²) in [7, 11) is 9.87. The standard InChI is InChI=1S/C28H20N.C10H15.2ClH.Zr/c1-19-15-22-17-23(29-14-13-21-8-3-5-12-28(21)29)18-27(26(22)16-19)25-11-6-9-20-7-2-4-10-24(20)25;1-7-6-10(4,5)9(3)8(7)2;;;/h2-18H,1H3;1-5H3;2*1H;/q2*-1;;;+4/p-2. The van der Waals surface area contributed by atoms with Crippen molar-refractivity contribution >= 4 is 49.5 Å². The van der Waals surface area contributed by atoms with Crippen LogP contribution in [-0.2, 0) is 20.8 Å². The van der Waals surface area contributed by atoms with Crippen LogP contribution >= 0.6 is 17.0 Å². The zero-order valence-corrected chi connectivity index (χ0v) is 29.0. The third-order valence-electron chi connectivity index (χ3n) is 8.47. The molecule has 0 radical (unpaired) electrons. The third-order valence-corrected chi connectivity index (χ3v) is 8.47. The zero-order valence-electron chi connectivity index (χ0n) is 25.0. The fourth-order valence-corrected chi connectivity index (χ4v) is 5.99. The van der Waals surface area contributed by atoms with E-state index in [-0.39, 0.29) is 5.41 Å². The third kappa shape index (κ3) is 6.14. The zero-order chi connectivity index (χ0) is 30.0. The van der Waals surface area contributed by atoms with Gasteiger partial charge in [-0.05, 0) is 39.9 Å². The Morgan fingerprint density at radius 1 is 0.738 bits per heavy atom. The van der Waals surface area contributed by atoms with Crippen molar-refractivity contribution < 1.29 is 20.8 Å². The van der Waals surface area contributed by atoms with Crippen molar-refractivity contribution in [1.29, 1.82) is 0 Å². The molecule has 0 atom stereocenters. The van der Waals surface area contributed by atoms with E-state index in [4.69, 9.17) is 17.0 Å². The molecule has 6 aromatic rings. The number of allylic oxidation sites excluding steroid dienone is 4. The Morgan fingerprint density at radius 3 is 2.07 bits per heavy atom. The van der Waals surface area contributed by atoms with Gasteiger partial charge in [0.2, 0.25) is 0 Å². The van der Waals surface area contributed by atoms with E-state index < -0.39 is 20.8 Å². The van der Waals surface area contributed by atoms with Gasteiger partial charge in [-0.3, -0.25) is 6.08 Å². The maximum atomic E-state index is 4.93. The van der Waals surface area contributed by atoms with Gasteiger partial charge in [-0.1, -0.05) is 106 Å². The Balaban J connectivity index is 0.000000228. The first-order valence-corrected chi connectivity index (χ1v) is 20.5. The van der Waals surface area contributed by atoms with E-state index in [1.54, 1.807) is 0 Å². The van der Waals surface area contributed by atoms with Gasteiger partial charge in [-0.15, -0.1) is 35.4 Å². The van der Waals surface area contributed by atoms with Gasteiger partial charge in [0.1, 0.15) is 0 Å². The van der Waals surface area contributed by atoms with E-state index in [0.29, 0.717) is 0 Å². The average Bonchev–Trinajstić information content (AvgIpc) is 3.63. The Kier molecular flexibility index (Phi) is 9.38. The number of benzene rings is 4. The van der Waals surface area contributed by atoms with Crippen molar-refractivity contribution in [2.75, 3.05) is 0 Å². The van der Waals surface area contributed by atoms with Crippen LogP contribution < -0.4 is 0 Å². The van der Waals surface area contributed by atoms with Gasteiger partial charge >= 0.3 is 37.9 Å². The molecule has 0 fully saturated rings. The topological polar surface area (TPSA) is 4.93 Å². The molecule has 0 spiro atoms. The van der Waals surface area contributed by atoms with E-state index in [0.717, 1.165) is 0 Å². The minimum atomic E-state index is -0.826. The Hall–Kier alpha value is -2.77. The summed E-state index contributed by atoms with van der Waals surface area (Å²) < 4.78 is 2.30. The first-order valence-electron chi connectivity index (χ1n) is 14.2. The number of aryl methyl sites for hydroxylation is 1. The van der Waals surface area contributed by atoms with Crippen molar-refractivity contribution in [3.8, 4) is 16.8 Å². The summed E-state index contributed by atoms with van der Waals surface area (Å²) in [6, 6.07) is 35.3. The first kappa shape index (κ1) is 30.7. The number of fused-ring (bicyclic) bond motifs is 3. The molecule has 0 aliphatic heterocycles. The normalized spacial score (nSPS) is 13.9. The van der Waals surface area contributed by atoms with Gasteiger partial charge in [-0.25, -0.2) is 5.57 Å². The van der Waals surface area contributed by atoms with Gasteiger partial charge in [0.05, 0.1) is 5.52 Å². The van der Waals surface area contributed by atoms with Crippen LogP contribution in [0, 0.1) is 18.4 Å². The minimum absolute atomic E-state index is 0.189. The summed E-state index contributed by atoms with van der Waals surface area (Å²) in [5.74, 6) is 0. The Bertz CT molecular complexity index is 1950. The second kappa shape index (κ2) is 12.8. The van der Waals surface area contributed by atoms with Crippen LogP contribution in [0.15, 0.2) is 120 Å². The van der Waals surface area contributed by atoms with Crippen molar-refractivity contribution in [2.45, 2.75) is 41.5 Å². The van der Waals surface area contributed by atoms with Crippen LogP contribution in [0.1, 0.15) is 40.2 Å². The van der Waals surface area contributed by atoms with E-state index in [1.165, 1.54) is 71.5 Å². The summed E-state index contributed by atoms with van der Waals surface area (Å²) in [6.07, 6.45) is 5.61. The van der Waals surface area contributed by atoms with Crippen LogP contribution in [0.3, 0.4) is 0 Å². The molecule has 0 saturated heterocycles. The first-order chi connectivity index (χ1) is 20.1. The summed E-state index contributed by atoms with van der Waals surface area (Å²) in [5.41, 5.74) is 10.7. The van der Waals surface area contributed by atoms with Crippen LogP contribution in [0.2, 0.25) is 0 Å². The molecule has 0 saturated carbocycles. The fraction of sp³-hybridized carbons (Fsp3) is 0.184. The average molecular weight is 668 g/mol. The Labute approximate surface area is 268 Å². The molecule has 5 aromatic carbocycles. The van der Waals surface area contributed by atoms with E-state index in [1.807, 2.05) is 0 Å². The molecule has 210 valence electrons. The van der Waals surface area contributed by atoms with E-state index in [2.05, 4.69) is 155 Å². The number of rotatable bonds is 2. The van der Waals surface area contributed by atoms with E-state index in [9.17, 15) is 0 Å². The summed E-state index contributed by atoms with van der Waals surface area (Å²) >= 11 is -0.826. The monoisotopic (exact) mass is 665 g/mol. The molecule has 0 amide bonds. The molecular formula is C38H35Cl2NZr. The predicted octanol–water partition coefficient (Wildman–Crippen LogP) is 12.1. The fourth-order valence-electron chi connectivity index (χ4n) is 5.99. The molecule has 0 unspecified atom stereocenters. The van der Waals surface area contributed by atoms with Gasteiger partial charge < -0.3 is 4.57 Å². The van der Waals surface area contributed by atoms with Crippen molar-refractivity contribution in [1.82, 2.24) is 4.57 Å². The molecule has 1 nitrogen and oxygen atoms in total. The number of nitrogens with zero attached hydrogens (tertiary/aromatic N) is 1. The molecular weight excluding hydrogens is 633 g/mol. The predicted molar refractivity (Wildman–Crippen MR) is 180 cm³/mol. The summed E-state index contributed by atoms with van der Waals surface area (Å²) in [4.78, 5) is 0. The number of aromatic nitrogens is 1. The second-order valence-corrected chi connectivity index (χ2v) is 15.2. The molecule has 0 bridgehead atoms. The molecule has 42 heavy (non-hydrogen) atoms. The Morgan fingerprint density at radius 2 is 1.40 bits per heavy atom. The van der Waals surface area contributed by atoms with Crippen molar-refractivity contribution in [3.05, 3.63) is 132 Å². The SMILES string of the molecule is CC1=[C-]C(C)(C)C(C)=C1C.Cc1cc2c(-c3cccc4ccccc34)cc(-n3ccc4ccccc43)cc2[cH-]1.[Cl][Zr+2][Cl]. The second-order valence-electron chi connectivity index (χ2n) is 11.5. The van der Waals surface area contributed by atoms with Crippen LogP contribution in [0.25, 0.3) is 49.3 Å².